The minimum absolute atomic E-state index is 0.0477. The van der Waals surface area contributed by atoms with Gasteiger partial charge in [-0.2, -0.15) is 0 Å². The molecule has 3 rings (SSSR count). The van der Waals surface area contributed by atoms with Gasteiger partial charge < -0.3 is 15.3 Å². The second-order valence-electron chi connectivity index (χ2n) is 6.50. The van der Waals surface area contributed by atoms with Crippen molar-refractivity contribution in [2.75, 3.05) is 0 Å². The Hall–Kier alpha value is -2.94. The molecular weight excluding hydrogens is 312 g/mol. The highest BCUT2D eigenvalue weighted by Crippen LogP contribution is 2.43. The summed E-state index contributed by atoms with van der Waals surface area (Å²) in [4.78, 5) is 0. The van der Waals surface area contributed by atoms with E-state index in [0.29, 0.717) is 11.1 Å². The van der Waals surface area contributed by atoms with Gasteiger partial charge >= 0.3 is 0 Å². The van der Waals surface area contributed by atoms with E-state index in [9.17, 15) is 15.3 Å². The lowest BCUT2D eigenvalue weighted by molar-refractivity contribution is 0.436. The molecule has 0 bridgehead atoms. The van der Waals surface area contributed by atoms with Gasteiger partial charge in [-0.15, -0.1) is 0 Å². The number of aryl methyl sites for hydroxylation is 2. The molecule has 0 saturated heterocycles. The molecule has 3 aromatic carbocycles. The predicted molar refractivity (Wildman–Crippen MR) is 99.5 cm³/mol. The molecule has 0 aliphatic carbocycles. The number of phenols is 3. The number of hydrogen-bond donors (Lipinski definition) is 3. The zero-order valence-electron chi connectivity index (χ0n) is 14.6. The van der Waals surface area contributed by atoms with Crippen LogP contribution in [0.2, 0.25) is 0 Å². The van der Waals surface area contributed by atoms with Crippen LogP contribution in [0.4, 0.5) is 0 Å². The van der Waals surface area contributed by atoms with E-state index in [4.69, 9.17) is 0 Å². The van der Waals surface area contributed by atoms with Crippen LogP contribution in [0.3, 0.4) is 0 Å². The van der Waals surface area contributed by atoms with Crippen LogP contribution in [0, 0.1) is 20.8 Å². The average molecular weight is 334 g/mol. The van der Waals surface area contributed by atoms with Crippen LogP contribution in [0.15, 0.2) is 54.6 Å². The Morgan fingerprint density at radius 1 is 0.680 bits per heavy atom. The maximum atomic E-state index is 10.6. The summed E-state index contributed by atoms with van der Waals surface area (Å²) in [5, 5.41) is 31.1. The third-order valence-corrected chi connectivity index (χ3v) is 4.74. The second kappa shape index (κ2) is 6.52. The highest BCUT2D eigenvalue weighted by atomic mass is 16.3. The molecule has 3 N–H and O–H groups in total. The van der Waals surface area contributed by atoms with E-state index in [1.54, 1.807) is 19.1 Å². The van der Waals surface area contributed by atoms with E-state index < -0.39 is 0 Å². The molecule has 0 spiro atoms. The SMILES string of the molecule is Cc1ccc(C(c2cccc(C)c2O)c2ccc(O)c(C)c2O)cc1. The number of hydrogen-bond acceptors (Lipinski definition) is 3. The Balaban J connectivity index is 2.28. The van der Waals surface area contributed by atoms with Crippen LogP contribution in [-0.2, 0) is 0 Å². The average Bonchev–Trinajstić information content (AvgIpc) is 2.60. The lowest BCUT2D eigenvalue weighted by atomic mass is 9.82. The first-order valence-electron chi connectivity index (χ1n) is 8.26. The standard InChI is InChI=1S/C22H22O3/c1-13-7-9-16(10-8-13)20(17-6-4-5-14(2)21(17)24)18-11-12-19(23)15(3)22(18)25/h4-12,20,23-25H,1-3H3. The molecule has 0 radical (unpaired) electrons. The largest absolute Gasteiger partial charge is 0.508 e. The number of phenolic OH excluding ortho intramolecular Hbond substituents is 3. The smallest absolute Gasteiger partial charge is 0.126 e. The summed E-state index contributed by atoms with van der Waals surface area (Å²) in [6.07, 6.45) is 0. The van der Waals surface area contributed by atoms with Gasteiger partial charge in [0.05, 0.1) is 0 Å². The monoisotopic (exact) mass is 334 g/mol. The summed E-state index contributed by atoms with van der Waals surface area (Å²) in [6.45, 7) is 5.55. The predicted octanol–water partition coefficient (Wildman–Crippen LogP) is 4.91. The Bertz CT molecular complexity index is 911. The topological polar surface area (TPSA) is 60.7 Å². The van der Waals surface area contributed by atoms with Crippen molar-refractivity contribution in [3.8, 4) is 17.2 Å². The lowest BCUT2D eigenvalue weighted by Gasteiger charge is -2.23. The van der Waals surface area contributed by atoms with E-state index >= 15 is 0 Å². The van der Waals surface area contributed by atoms with E-state index in [1.165, 1.54) is 0 Å². The van der Waals surface area contributed by atoms with Gasteiger partial charge in [-0.1, -0.05) is 54.1 Å². The van der Waals surface area contributed by atoms with Crippen molar-refractivity contribution in [3.63, 3.8) is 0 Å². The van der Waals surface area contributed by atoms with Crippen LogP contribution < -0.4 is 0 Å². The van der Waals surface area contributed by atoms with Crippen LogP contribution in [0.5, 0.6) is 17.2 Å². The van der Waals surface area contributed by atoms with Gasteiger partial charge in [-0.25, -0.2) is 0 Å². The molecule has 0 fully saturated rings. The van der Waals surface area contributed by atoms with Gasteiger partial charge in [0, 0.05) is 22.6 Å². The normalized spacial score (nSPS) is 12.1. The highest BCUT2D eigenvalue weighted by Gasteiger charge is 2.24. The zero-order valence-corrected chi connectivity index (χ0v) is 14.6. The van der Waals surface area contributed by atoms with Crippen molar-refractivity contribution in [2.24, 2.45) is 0 Å². The Kier molecular flexibility index (Phi) is 4.41. The Labute approximate surface area is 147 Å². The van der Waals surface area contributed by atoms with Crippen LogP contribution in [0.1, 0.15) is 39.3 Å². The van der Waals surface area contributed by atoms with Gasteiger partial charge in [0.1, 0.15) is 17.2 Å². The van der Waals surface area contributed by atoms with Gasteiger partial charge in [-0.3, -0.25) is 0 Å². The zero-order chi connectivity index (χ0) is 18.1. The minimum atomic E-state index is -0.334. The van der Waals surface area contributed by atoms with E-state index in [1.807, 2.05) is 56.3 Å². The third kappa shape index (κ3) is 3.05. The van der Waals surface area contributed by atoms with Crippen molar-refractivity contribution in [3.05, 3.63) is 88.0 Å². The molecule has 0 heterocycles. The molecular formula is C22H22O3. The molecule has 1 unspecified atom stereocenters. The van der Waals surface area contributed by atoms with Crippen molar-refractivity contribution in [1.29, 1.82) is 0 Å². The number of rotatable bonds is 3. The van der Waals surface area contributed by atoms with Gasteiger partial charge in [0.15, 0.2) is 0 Å². The quantitative estimate of drug-likeness (QED) is 0.597. The van der Waals surface area contributed by atoms with E-state index in [-0.39, 0.29) is 23.2 Å². The molecule has 3 nitrogen and oxygen atoms in total. The van der Waals surface area contributed by atoms with Gasteiger partial charge in [0.2, 0.25) is 0 Å². The number of aromatic hydroxyl groups is 3. The van der Waals surface area contributed by atoms with Crippen LogP contribution in [-0.4, -0.2) is 15.3 Å². The van der Waals surface area contributed by atoms with Crippen molar-refractivity contribution in [2.45, 2.75) is 26.7 Å². The first-order chi connectivity index (χ1) is 11.9. The summed E-state index contributed by atoms with van der Waals surface area (Å²) in [5.74, 6) is -0.0122. The maximum Gasteiger partial charge on any atom is 0.126 e. The maximum absolute atomic E-state index is 10.6. The summed E-state index contributed by atoms with van der Waals surface area (Å²) in [5.41, 5.74) is 4.70. The molecule has 0 amide bonds. The Morgan fingerprint density at radius 2 is 1.32 bits per heavy atom. The van der Waals surface area contributed by atoms with Gasteiger partial charge in [0.25, 0.3) is 0 Å². The van der Waals surface area contributed by atoms with Crippen molar-refractivity contribution in [1.82, 2.24) is 0 Å². The minimum Gasteiger partial charge on any atom is -0.508 e. The lowest BCUT2D eigenvalue weighted by Crippen LogP contribution is -2.05. The molecule has 25 heavy (non-hydrogen) atoms. The molecule has 3 aromatic rings. The first kappa shape index (κ1) is 16.9. The molecule has 0 saturated carbocycles. The molecule has 0 aromatic heterocycles. The van der Waals surface area contributed by atoms with Crippen LogP contribution in [0.25, 0.3) is 0 Å². The molecule has 1 atom stereocenters. The highest BCUT2D eigenvalue weighted by molar-refractivity contribution is 5.58. The van der Waals surface area contributed by atoms with E-state index in [0.717, 1.165) is 22.3 Å². The second-order valence-corrected chi connectivity index (χ2v) is 6.50. The van der Waals surface area contributed by atoms with E-state index in [2.05, 4.69) is 0 Å². The first-order valence-corrected chi connectivity index (χ1v) is 8.26. The molecule has 128 valence electrons. The number of para-hydroxylation sites is 1. The third-order valence-electron chi connectivity index (χ3n) is 4.74. The fourth-order valence-electron chi connectivity index (χ4n) is 3.14. The summed E-state index contributed by atoms with van der Waals surface area (Å²) in [7, 11) is 0. The molecule has 3 heteroatoms. The van der Waals surface area contributed by atoms with Crippen molar-refractivity contribution >= 4 is 0 Å². The fourth-order valence-corrected chi connectivity index (χ4v) is 3.14. The Morgan fingerprint density at radius 3 is 2.00 bits per heavy atom. The summed E-state index contributed by atoms with van der Waals surface area (Å²) >= 11 is 0. The molecule has 0 aliphatic heterocycles. The van der Waals surface area contributed by atoms with Crippen molar-refractivity contribution < 1.29 is 15.3 Å². The fraction of sp³-hybridized carbons (Fsp3) is 0.182. The van der Waals surface area contributed by atoms with Crippen LogP contribution >= 0.6 is 0 Å². The molecule has 0 aliphatic rings. The number of benzene rings is 3. The summed E-state index contributed by atoms with van der Waals surface area (Å²) < 4.78 is 0. The summed E-state index contributed by atoms with van der Waals surface area (Å²) in [6, 6.07) is 16.9. The van der Waals surface area contributed by atoms with Gasteiger partial charge in [-0.05, 0) is 38.0 Å².